The van der Waals surface area contributed by atoms with Crippen LogP contribution in [0.2, 0.25) is 10.0 Å². The van der Waals surface area contributed by atoms with E-state index in [0.29, 0.717) is 32.3 Å². The number of nitriles is 1. The van der Waals surface area contributed by atoms with Crippen molar-refractivity contribution in [3.05, 3.63) is 62.1 Å². The van der Waals surface area contributed by atoms with Crippen LogP contribution in [0.5, 0.6) is 0 Å². The van der Waals surface area contributed by atoms with Gasteiger partial charge in [0.15, 0.2) is 5.76 Å². The van der Waals surface area contributed by atoms with Gasteiger partial charge in [-0.2, -0.15) is 5.26 Å². The molecule has 1 N–H and O–H groups in total. The molecule has 4 nitrogen and oxygen atoms in total. The molecule has 2 heterocycles. The monoisotopic (exact) mass is 430 g/mol. The van der Waals surface area contributed by atoms with Crippen molar-refractivity contribution < 1.29 is 9.21 Å². The van der Waals surface area contributed by atoms with E-state index in [4.69, 9.17) is 27.6 Å². The maximum Gasteiger partial charge on any atom is 0.292 e. The van der Waals surface area contributed by atoms with Gasteiger partial charge in [-0.25, -0.2) is 0 Å². The number of rotatable bonds is 3. The maximum absolute atomic E-state index is 12.7. The highest BCUT2D eigenvalue weighted by Gasteiger charge is 2.25. The standard InChI is InChI=1S/C21H16Cl2N2O2S/c1-11-2-4-13-14(10-24)21(28-19(13)8-11)25-20(26)18-7-6-17(27-18)12-3-5-15(22)16(23)9-12/h3,5-7,9,11H,2,4,8H2,1H3,(H,25,26). The van der Waals surface area contributed by atoms with Crippen LogP contribution in [0.1, 0.15) is 39.9 Å². The summed E-state index contributed by atoms with van der Waals surface area (Å²) >= 11 is 13.5. The third-order valence-corrected chi connectivity index (χ3v) is 6.79. The van der Waals surface area contributed by atoms with E-state index >= 15 is 0 Å². The highest BCUT2D eigenvalue weighted by atomic mass is 35.5. The van der Waals surface area contributed by atoms with E-state index in [2.05, 4.69) is 18.3 Å². The average Bonchev–Trinajstić information content (AvgIpc) is 3.28. The first-order valence-electron chi connectivity index (χ1n) is 8.87. The molecule has 0 spiro atoms. The molecule has 0 saturated heterocycles. The summed E-state index contributed by atoms with van der Waals surface area (Å²) in [5.41, 5.74) is 2.39. The van der Waals surface area contributed by atoms with Gasteiger partial charge in [-0.3, -0.25) is 4.79 Å². The second kappa shape index (κ2) is 7.63. The average molecular weight is 431 g/mol. The van der Waals surface area contributed by atoms with Gasteiger partial charge in [-0.1, -0.05) is 30.1 Å². The van der Waals surface area contributed by atoms with Gasteiger partial charge in [-0.05, 0) is 61.1 Å². The number of hydrogen-bond donors (Lipinski definition) is 1. The van der Waals surface area contributed by atoms with Crippen molar-refractivity contribution in [2.24, 2.45) is 5.92 Å². The topological polar surface area (TPSA) is 66.0 Å². The Bertz CT molecular complexity index is 1110. The number of carbonyl (C=O) groups excluding carboxylic acids is 1. The smallest absolute Gasteiger partial charge is 0.292 e. The van der Waals surface area contributed by atoms with Gasteiger partial charge in [0, 0.05) is 10.4 Å². The largest absolute Gasteiger partial charge is 0.451 e. The van der Waals surface area contributed by atoms with Crippen LogP contribution in [0.4, 0.5) is 5.00 Å². The zero-order valence-corrected chi connectivity index (χ0v) is 17.3. The lowest BCUT2D eigenvalue weighted by atomic mass is 9.89. The molecule has 1 aromatic carbocycles. The fourth-order valence-electron chi connectivity index (χ4n) is 3.39. The van der Waals surface area contributed by atoms with Crippen LogP contribution >= 0.6 is 34.5 Å². The van der Waals surface area contributed by atoms with E-state index < -0.39 is 0 Å². The van der Waals surface area contributed by atoms with Crippen LogP contribution < -0.4 is 5.32 Å². The number of carbonyl (C=O) groups is 1. The summed E-state index contributed by atoms with van der Waals surface area (Å²) in [5, 5.41) is 13.9. The third kappa shape index (κ3) is 3.56. The normalized spacial score (nSPS) is 15.7. The van der Waals surface area contributed by atoms with Crippen molar-refractivity contribution >= 4 is 45.4 Å². The van der Waals surface area contributed by atoms with Crippen LogP contribution in [0.3, 0.4) is 0 Å². The molecule has 1 unspecified atom stereocenters. The molecular formula is C21H16Cl2N2O2S. The first kappa shape index (κ1) is 19.1. The van der Waals surface area contributed by atoms with Gasteiger partial charge in [0.25, 0.3) is 5.91 Å². The van der Waals surface area contributed by atoms with Gasteiger partial charge in [-0.15, -0.1) is 11.3 Å². The number of fused-ring (bicyclic) bond motifs is 1. The lowest BCUT2D eigenvalue weighted by Crippen LogP contribution is -2.11. The van der Waals surface area contributed by atoms with Crippen LogP contribution in [0.15, 0.2) is 34.7 Å². The van der Waals surface area contributed by atoms with Crippen LogP contribution in [0.25, 0.3) is 11.3 Å². The zero-order valence-electron chi connectivity index (χ0n) is 15.0. The Labute approximate surface area is 176 Å². The van der Waals surface area contributed by atoms with E-state index in [1.165, 1.54) is 16.2 Å². The number of amides is 1. The Kier molecular flexibility index (Phi) is 5.20. The molecule has 0 bridgehead atoms. The van der Waals surface area contributed by atoms with Crippen LogP contribution in [-0.4, -0.2) is 5.91 Å². The molecule has 1 atom stereocenters. The van der Waals surface area contributed by atoms with Crippen LogP contribution in [-0.2, 0) is 12.8 Å². The number of halogens is 2. The van der Waals surface area contributed by atoms with Crippen molar-refractivity contribution in [1.29, 1.82) is 5.26 Å². The summed E-state index contributed by atoms with van der Waals surface area (Å²) in [4.78, 5) is 13.9. The molecule has 1 aliphatic carbocycles. The molecule has 1 amide bonds. The molecule has 1 aliphatic rings. The Morgan fingerprint density at radius 2 is 2.11 bits per heavy atom. The lowest BCUT2D eigenvalue weighted by Gasteiger charge is -2.17. The number of furan rings is 1. The fraction of sp³-hybridized carbons (Fsp3) is 0.238. The maximum atomic E-state index is 12.7. The molecule has 3 aromatic rings. The van der Waals surface area contributed by atoms with Crippen molar-refractivity contribution in [3.63, 3.8) is 0 Å². The lowest BCUT2D eigenvalue weighted by molar-refractivity contribution is 0.0998. The van der Waals surface area contributed by atoms with E-state index in [0.717, 1.165) is 30.4 Å². The summed E-state index contributed by atoms with van der Waals surface area (Å²) < 4.78 is 5.70. The Morgan fingerprint density at radius 1 is 1.29 bits per heavy atom. The summed E-state index contributed by atoms with van der Waals surface area (Å²) in [7, 11) is 0. The summed E-state index contributed by atoms with van der Waals surface area (Å²) in [6.07, 6.45) is 2.90. The summed E-state index contributed by atoms with van der Waals surface area (Å²) in [6, 6.07) is 10.7. The number of hydrogen-bond acceptors (Lipinski definition) is 4. The van der Waals surface area contributed by atoms with E-state index in [9.17, 15) is 10.1 Å². The molecule has 7 heteroatoms. The van der Waals surface area contributed by atoms with Crippen LogP contribution in [0, 0.1) is 17.2 Å². The quantitative estimate of drug-likeness (QED) is 0.511. The molecule has 0 saturated carbocycles. The fourth-order valence-corrected chi connectivity index (χ4v) is 5.04. The predicted molar refractivity (Wildman–Crippen MR) is 112 cm³/mol. The molecule has 4 rings (SSSR count). The van der Waals surface area contributed by atoms with E-state index in [1.807, 2.05) is 0 Å². The molecule has 2 aromatic heterocycles. The highest BCUT2D eigenvalue weighted by molar-refractivity contribution is 7.16. The van der Waals surface area contributed by atoms with Crippen molar-refractivity contribution in [1.82, 2.24) is 0 Å². The number of nitrogens with zero attached hydrogens (tertiary/aromatic N) is 1. The first-order chi connectivity index (χ1) is 13.5. The molecular weight excluding hydrogens is 415 g/mol. The third-order valence-electron chi connectivity index (χ3n) is 4.88. The number of thiophene rings is 1. The van der Waals surface area contributed by atoms with Gasteiger partial charge in [0.1, 0.15) is 16.8 Å². The van der Waals surface area contributed by atoms with Gasteiger partial charge < -0.3 is 9.73 Å². The van der Waals surface area contributed by atoms with Gasteiger partial charge in [0.05, 0.1) is 15.6 Å². The zero-order chi connectivity index (χ0) is 19.8. The number of nitrogens with one attached hydrogen (secondary N) is 1. The molecule has 142 valence electrons. The minimum atomic E-state index is -0.380. The van der Waals surface area contributed by atoms with Gasteiger partial charge in [0.2, 0.25) is 0 Å². The Morgan fingerprint density at radius 3 is 2.86 bits per heavy atom. The second-order valence-electron chi connectivity index (χ2n) is 6.91. The molecule has 28 heavy (non-hydrogen) atoms. The van der Waals surface area contributed by atoms with E-state index in [-0.39, 0.29) is 11.7 Å². The molecule has 0 fully saturated rings. The SMILES string of the molecule is CC1CCc2c(sc(NC(=O)c3ccc(-c4ccc(Cl)c(Cl)c4)o3)c2C#N)C1. The minimum absolute atomic E-state index is 0.171. The highest BCUT2D eigenvalue weighted by Crippen LogP contribution is 2.39. The molecule has 0 radical (unpaired) electrons. The second-order valence-corrected chi connectivity index (χ2v) is 8.83. The number of benzene rings is 1. The van der Waals surface area contributed by atoms with Crippen molar-refractivity contribution in [2.75, 3.05) is 5.32 Å². The van der Waals surface area contributed by atoms with Gasteiger partial charge >= 0.3 is 0 Å². The van der Waals surface area contributed by atoms with E-state index in [1.54, 1.807) is 30.3 Å². The summed E-state index contributed by atoms with van der Waals surface area (Å²) in [6.45, 7) is 2.21. The van der Waals surface area contributed by atoms with Crippen molar-refractivity contribution in [2.45, 2.75) is 26.2 Å². The summed E-state index contributed by atoms with van der Waals surface area (Å²) in [5.74, 6) is 0.905. The minimum Gasteiger partial charge on any atom is -0.451 e. The first-order valence-corrected chi connectivity index (χ1v) is 10.4. The Hall–Kier alpha value is -2.26. The number of anilines is 1. The molecule has 0 aliphatic heterocycles. The predicted octanol–water partition coefficient (Wildman–Crippen LogP) is 6.56. The Balaban J connectivity index is 1.58. The van der Waals surface area contributed by atoms with Crippen molar-refractivity contribution in [3.8, 4) is 17.4 Å².